The maximum atomic E-state index is 3.03. The van der Waals surface area contributed by atoms with Crippen LogP contribution in [-0.2, 0) is 0 Å². The number of nitrogens with zero attached hydrogens (tertiary/aromatic N) is 1. The third-order valence-corrected chi connectivity index (χ3v) is 7.03. The predicted octanol–water partition coefficient (Wildman–Crippen LogP) is 4.47. The second-order valence-electron chi connectivity index (χ2n) is 8.14. The van der Waals surface area contributed by atoms with E-state index in [1.54, 1.807) is 25.7 Å². The number of hydrogen-bond acceptors (Lipinski definition) is 1. The second-order valence-corrected chi connectivity index (χ2v) is 8.14. The minimum atomic E-state index is 0.983. The average molecular weight is 261 g/mol. The van der Waals surface area contributed by atoms with Gasteiger partial charge in [0.25, 0.3) is 0 Å². The molecule has 0 amide bonds. The van der Waals surface area contributed by atoms with Crippen molar-refractivity contribution in [1.29, 1.82) is 0 Å². The summed E-state index contributed by atoms with van der Waals surface area (Å²) in [6, 6.07) is 1.98. The average Bonchev–Trinajstić information content (AvgIpc) is 3.00. The number of fused-ring (bicyclic) bond motifs is 2. The van der Waals surface area contributed by atoms with Crippen LogP contribution in [0.2, 0.25) is 0 Å². The molecule has 108 valence electrons. The number of likely N-dealkylation sites (tertiary alicyclic amines) is 1. The van der Waals surface area contributed by atoms with Crippen LogP contribution in [0.3, 0.4) is 0 Å². The van der Waals surface area contributed by atoms with Gasteiger partial charge in [-0.2, -0.15) is 0 Å². The molecule has 4 aliphatic rings. The number of rotatable bonds is 1. The van der Waals surface area contributed by atoms with Crippen molar-refractivity contribution in [3.8, 4) is 0 Å². The Morgan fingerprint density at radius 2 is 1.53 bits per heavy atom. The van der Waals surface area contributed by atoms with Gasteiger partial charge < -0.3 is 0 Å². The maximum absolute atomic E-state index is 3.03. The summed E-state index contributed by atoms with van der Waals surface area (Å²) in [6.45, 7) is 3.94. The van der Waals surface area contributed by atoms with E-state index < -0.39 is 0 Å². The fourth-order valence-electron chi connectivity index (χ4n) is 6.32. The third kappa shape index (κ3) is 2.17. The van der Waals surface area contributed by atoms with Gasteiger partial charge in [0.15, 0.2) is 0 Å². The first-order valence-corrected chi connectivity index (χ1v) is 9.08. The first kappa shape index (κ1) is 12.7. The largest absolute Gasteiger partial charge is 0.297 e. The van der Waals surface area contributed by atoms with Gasteiger partial charge in [-0.05, 0) is 68.7 Å². The summed E-state index contributed by atoms with van der Waals surface area (Å²) >= 11 is 0. The molecule has 1 heterocycles. The Labute approximate surface area is 119 Å². The molecular weight excluding hydrogens is 230 g/mol. The van der Waals surface area contributed by atoms with Crippen LogP contribution in [0.15, 0.2) is 0 Å². The third-order valence-electron chi connectivity index (χ3n) is 7.03. The van der Waals surface area contributed by atoms with Crippen molar-refractivity contribution >= 4 is 0 Å². The molecular formula is C18H31N. The van der Waals surface area contributed by atoms with Crippen LogP contribution in [0, 0.1) is 23.7 Å². The van der Waals surface area contributed by atoms with Crippen molar-refractivity contribution in [3.63, 3.8) is 0 Å². The van der Waals surface area contributed by atoms with Crippen LogP contribution in [0.4, 0.5) is 0 Å². The number of hydrogen-bond donors (Lipinski definition) is 0. The summed E-state index contributed by atoms with van der Waals surface area (Å²) in [4.78, 5) is 3.03. The molecule has 4 rings (SSSR count). The zero-order valence-electron chi connectivity index (χ0n) is 12.7. The first-order chi connectivity index (χ1) is 9.33. The van der Waals surface area contributed by atoms with E-state index in [1.165, 1.54) is 45.1 Å². The SMILES string of the molecule is CC1CC2CCCC(N3CCC4CCCCC43)C2C1. The fraction of sp³-hybridized carbons (Fsp3) is 1.00. The zero-order valence-corrected chi connectivity index (χ0v) is 12.7. The van der Waals surface area contributed by atoms with Crippen molar-refractivity contribution < 1.29 is 0 Å². The van der Waals surface area contributed by atoms with E-state index in [2.05, 4.69) is 11.8 Å². The summed E-state index contributed by atoms with van der Waals surface area (Å²) in [5.74, 6) is 4.26. The lowest BCUT2D eigenvalue weighted by molar-refractivity contribution is 0.0511. The Kier molecular flexibility index (Phi) is 3.38. The molecule has 6 unspecified atom stereocenters. The fourth-order valence-corrected chi connectivity index (χ4v) is 6.32. The highest BCUT2D eigenvalue weighted by Gasteiger charge is 2.46. The molecule has 0 bridgehead atoms. The van der Waals surface area contributed by atoms with E-state index in [0.29, 0.717) is 0 Å². The van der Waals surface area contributed by atoms with E-state index in [9.17, 15) is 0 Å². The van der Waals surface area contributed by atoms with Crippen molar-refractivity contribution in [2.24, 2.45) is 23.7 Å². The van der Waals surface area contributed by atoms with E-state index in [1.807, 2.05) is 0 Å². The van der Waals surface area contributed by atoms with E-state index >= 15 is 0 Å². The molecule has 3 aliphatic carbocycles. The Bertz CT molecular complexity index is 326. The summed E-state index contributed by atoms with van der Waals surface area (Å²) in [6.07, 6.45) is 15.3. The lowest BCUT2D eigenvalue weighted by Crippen LogP contribution is -2.48. The monoisotopic (exact) mass is 261 g/mol. The van der Waals surface area contributed by atoms with E-state index in [0.717, 1.165) is 35.8 Å². The van der Waals surface area contributed by atoms with Gasteiger partial charge in [-0.3, -0.25) is 4.90 Å². The highest BCUT2D eigenvalue weighted by molar-refractivity contribution is 4.99. The van der Waals surface area contributed by atoms with Crippen molar-refractivity contribution in [2.45, 2.75) is 83.2 Å². The van der Waals surface area contributed by atoms with Crippen molar-refractivity contribution in [3.05, 3.63) is 0 Å². The van der Waals surface area contributed by atoms with Crippen LogP contribution in [0.1, 0.15) is 71.1 Å². The highest BCUT2D eigenvalue weighted by Crippen LogP contribution is 2.49. The quantitative estimate of drug-likeness (QED) is 0.673. The molecule has 6 atom stereocenters. The topological polar surface area (TPSA) is 3.24 Å². The second kappa shape index (κ2) is 5.06. The Balaban J connectivity index is 1.51. The summed E-state index contributed by atoms with van der Waals surface area (Å²) in [7, 11) is 0. The van der Waals surface area contributed by atoms with Gasteiger partial charge in [0.1, 0.15) is 0 Å². The molecule has 1 heteroatoms. The molecule has 0 aromatic rings. The Morgan fingerprint density at radius 1 is 0.737 bits per heavy atom. The van der Waals surface area contributed by atoms with E-state index in [-0.39, 0.29) is 0 Å². The smallest absolute Gasteiger partial charge is 0.0129 e. The van der Waals surface area contributed by atoms with Crippen LogP contribution in [-0.4, -0.2) is 23.5 Å². The Hall–Kier alpha value is -0.0400. The lowest BCUT2D eigenvalue weighted by atomic mass is 9.76. The molecule has 1 aliphatic heterocycles. The van der Waals surface area contributed by atoms with Gasteiger partial charge in [-0.1, -0.05) is 32.6 Å². The standard InChI is InChI=1S/C18H31N/c1-13-11-15-6-4-8-18(16(15)12-13)19-10-9-14-5-2-3-7-17(14)19/h13-18H,2-12H2,1H3. The molecule has 0 N–H and O–H groups in total. The predicted molar refractivity (Wildman–Crippen MR) is 80.1 cm³/mol. The normalized spacial score (nSPS) is 51.0. The molecule has 19 heavy (non-hydrogen) atoms. The van der Waals surface area contributed by atoms with Gasteiger partial charge in [0.2, 0.25) is 0 Å². The van der Waals surface area contributed by atoms with Crippen LogP contribution >= 0.6 is 0 Å². The molecule has 1 nitrogen and oxygen atoms in total. The molecule has 1 saturated heterocycles. The lowest BCUT2D eigenvalue weighted by Gasteiger charge is -2.44. The van der Waals surface area contributed by atoms with E-state index in [4.69, 9.17) is 0 Å². The van der Waals surface area contributed by atoms with Crippen LogP contribution in [0.5, 0.6) is 0 Å². The van der Waals surface area contributed by atoms with Gasteiger partial charge in [-0.15, -0.1) is 0 Å². The Morgan fingerprint density at radius 3 is 2.47 bits per heavy atom. The first-order valence-electron chi connectivity index (χ1n) is 9.08. The van der Waals surface area contributed by atoms with Gasteiger partial charge in [-0.25, -0.2) is 0 Å². The molecule has 0 aromatic heterocycles. The zero-order chi connectivity index (χ0) is 12.8. The summed E-state index contributed by atoms with van der Waals surface area (Å²) < 4.78 is 0. The minimum Gasteiger partial charge on any atom is -0.297 e. The molecule has 0 aromatic carbocycles. The molecule has 4 fully saturated rings. The summed E-state index contributed by atoms with van der Waals surface area (Å²) in [5.41, 5.74) is 0. The van der Waals surface area contributed by atoms with Crippen LogP contribution in [0.25, 0.3) is 0 Å². The maximum Gasteiger partial charge on any atom is 0.0129 e. The molecule has 0 spiro atoms. The van der Waals surface area contributed by atoms with Crippen molar-refractivity contribution in [2.75, 3.05) is 6.54 Å². The van der Waals surface area contributed by atoms with Crippen molar-refractivity contribution in [1.82, 2.24) is 4.90 Å². The summed E-state index contributed by atoms with van der Waals surface area (Å²) in [5, 5.41) is 0. The van der Waals surface area contributed by atoms with Gasteiger partial charge in [0, 0.05) is 12.1 Å². The highest BCUT2D eigenvalue weighted by atomic mass is 15.2. The van der Waals surface area contributed by atoms with Crippen LogP contribution < -0.4 is 0 Å². The minimum absolute atomic E-state index is 0.983. The van der Waals surface area contributed by atoms with Gasteiger partial charge in [0.05, 0.1) is 0 Å². The molecule has 0 radical (unpaired) electrons. The molecule has 3 saturated carbocycles. The van der Waals surface area contributed by atoms with Gasteiger partial charge >= 0.3 is 0 Å².